The van der Waals surface area contributed by atoms with Crippen LogP contribution in [-0.4, -0.2) is 40.9 Å². The number of nitrogens with zero attached hydrogens (tertiary/aromatic N) is 2. The number of likely N-dealkylation sites (N-methyl/N-ethyl adjacent to an activating group) is 1. The fourth-order valence-electron chi connectivity index (χ4n) is 2.12. The van der Waals surface area contributed by atoms with Gasteiger partial charge in [-0.1, -0.05) is 25.1 Å². The molecule has 118 valence electrons. The van der Waals surface area contributed by atoms with Crippen molar-refractivity contribution in [2.24, 2.45) is 0 Å². The molecule has 0 amide bonds. The molecule has 0 saturated heterocycles. The van der Waals surface area contributed by atoms with Gasteiger partial charge in [-0.3, -0.25) is 4.79 Å². The molecular formula is C15H25N3O2S. The second-order valence-corrected chi connectivity index (χ2v) is 6.20. The molecular weight excluding hydrogens is 286 g/mol. The average Bonchev–Trinajstić information content (AvgIpc) is 2.46. The van der Waals surface area contributed by atoms with E-state index >= 15 is 0 Å². The highest BCUT2D eigenvalue weighted by atomic mass is 32.2. The summed E-state index contributed by atoms with van der Waals surface area (Å²) in [6.45, 7) is 6.60. The molecule has 5 nitrogen and oxygen atoms in total. The molecule has 0 spiro atoms. The summed E-state index contributed by atoms with van der Waals surface area (Å²) in [5, 5.41) is 4.04. The molecule has 0 saturated carbocycles. The third kappa shape index (κ3) is 6.01. The largest absolute Gasteiger partial charge is 0.468 e. The van der Waals surface area contributed by atoms with Crippen molar-refractivity contribution in [2.75, 3.05) is 19.4 Å². The number of aryl methyl sites for hydroxylation is 1. The molecule has 0 bridgehead atoms. The van der Waals surface area contributed by atoms with Crippen LogP contribution in [0, 0.1) is 6.92 Å². The van der Waals surface area contributed by atoms with E-state index in [2.05, 4.69) is 15.3 Å². The van der Waals surface area contributed by atoms with Gasteiger partial charge in [0.1, 0.15) is 5.54 Å². The van der Waals surface area contributed by atoms with E-state index in [0.717, 1.165) is 42.4 Å². The van der Waals surface area contributed by atoms with Gasteiger partial charge in [0.2, 0.25) is 0 Å². The van der Waals surface area contributed by atoms with Crippen LogP contribution in [0.3, 0.4) is 0 Å². The molecule has 0 radical (unpaired) electrons. The molecule has 1 N–H and O–H groups in total. The topological polar surface area (TPSA) is 64.1 Å². The summed E-state index contributed by atoms with van der Waals surface area (Å²) in [5.74, 6) is 0.756. The number of ether oxygens (including phenoxy) is 1. The summed E-state index contributed by atoms with van der Waals surface area (Å²) >= 11 is 1.65. The number of nitrogens with one attached hydrogen (secondary N) is 1. The highest BCUT2D eigenvalue weighted by Gasteiger charge is 2.32. The number of esters is 1. The van der Waals surface area contributed by atoms with Crippen molar-refractivity contribution in [3.8, 4) is 0 Å². The Balaban J connectivity index is 2.33. The van der Waals surface area contributed by atoms with Gasteiger partial charge < -0.3 is 10.1 Å². The quantitative estimate of drug-likeness (QED) is 0.327. The second kappa shape index (κ2) is 9.00. The first-order chi connectivity index (χ1) is 10.0. The number of carbonyl (C=O) groups excluding carboxylic acids is 1. The molecule has 0 aliphatic heterocycles. The Labute approximate surface area is 131 Å². The average molecular weight is 311 g/mol. The van der Waals surface area contributed by atoms with E-state index in [1.54, 1.807) is 18.0 Å². The molecule has 0 aliphatic carbocycles. The van der Waals surface area contributed by atoms with E-state index < -0.39 is 5.54 Å². The van der Waals surface area contributed by atoms with Gasteiger partial charge in [-0.15, -0.1) is 0 Å². The molecule has 1 aromatic heterocycles. The lowest BCUT2D eigenvalue weighted by molar-refractivity contribution is -0.148. The molecule has 21 heavy (non-hydrogen) atoms. The van der Waals surface area contributed by atoms with Gasteiger partial charge in [0, 0.05) is 17.6 Å². The van der Waals surface area contributed by atoms with Gasteiger partial charge in [-0.05, 0) is 39.3 Å². The first-order valence-electron chi connectivity index (χ1n) is 7.27. The van der Waals surface area contributed by atoms with Gasteiger partial charge in [0.25, 0.3) is 0 Å². The van der Waals surface area contributed by atoms with Crippen LogP contribution in [0.15, 0.2) is 17.4 Å². The second-order valence-electron chi connectivity index (χ2n) is 5.14. The number of hydrogen-bond acceptors (Lipinski definition) is 6. The van der Waals surface area contributed by atoms with Crippen LogP contribution in [0.2, 0.25) is 0 Å². The SMILES string of the molecule is CCNC(C)(CCCCSc1nccc(C)n1)C(=O)OC. The lowest BCUT2D eigenvalue weighted by Gasteiger charge is -2.27. The van der Waals surface area contributed by atoms with Crippen molar-refractivity contribution in [1.29, 1.82) is 0 Å². The van der Waals surface area contributed by atoms with Gasteiger partial charge >= 0.3 is 5.97 Å². The molecule has 1 aromatic rings. The van der Waals surface area contributed by atoms with Crippen LogP contribution in [-0.2, 0) is 9.53 Å². The number of methoxy groups -OCH3 is 1. The Bertz CT molecular complexity index is 456. The first kappa shape index (κ1) is 17.9. The fourth-order valence-corrected chi connectivity index (χ4v) is 2.99. The maximum atomic E-state index is 11.8. The van der Waals surface area contributed by atoms with Gasteiger partial charge in [0.15, 0.2) is 5.16 Å². The predicted molar refractivity (Wildman–Crippen MR) is 85.4 cm³/mol. The zero-order valence-corrected chi connectivity index (χ0v) is 14.1. The summed E-state index contributed by atoms with van der Waals surface area (Å²) in [4.78, 5) is 20.4. The van der Waals surface area contributed by atoms with E-state index in [0.29, 0.717) is 0 Å². The molecule has 1 unspecified atom stereocenters. The minimum atomic E-state index is -0.589. The summed E-state index contributed by atoms with van der Waals surface area (Å²) in [6.07, 6.45) is 4.52. The minimum Gasteiger partial charge on any atom is -0.468 e. The minimum absolute atomic E-state index is 0.195. The van der Waals surface area contributed by atoms with Gasteiger partial charge in [-0.2, -0.15) is 0 Å². The zero-order chi connectivity index (χ0) is 15.7. The third-order valence-electron chi connectivity index (χ3n) is 3.28. The van der Waals surface area contributed by atoms with Gasteiger partial charge in [-0.25, -0.2) is 9.97 Å². The monoisotopic (exact) mass is 311 g/mol. The van der Waals surface area contributed by atoms with E-state index in [1.165, 1.54) is 7.11 Å². The Morgan fingerprint density at radius 3 is 2.86 bits per heavy atom. The Morgan fingerprint density at radius 2 is 2.24 bits per heavy atom. The van der Waals surface area contributed by atoms with Crippen molar-refractivity contribution >= 4 is 17.7 Å². The van der Waals surface area contributed by atoms with Crippen LogP contribution in [0.1, 0.15) is 38.8 Å². The van der Waals surface area contributed by atoms with Crippen molar-refractivity contribution in [1.82, 2.24) is 15.3 Å². The third-order valence-corrected chi connectivity index (χ3v) is 4.23. The summed E-state index contributed by atoms with van der Waals surface area (Å²) < 4.78 is 4.88. The lowest BCUT2D eigenvalue weighted by atomic mass is 9.95. The van der Waals surface area contributed by atoms with Crippen molar-refractivity contribution < 1.29 is 9.53 Å². The van der Waals surface area contributed by atoms with Gasteiger partial charge in [0.05, 0.1) is 7.11 Å². The zero-order valence-electron chi connectivity index (χ0n) is 13.3. The summed E-state index contributed by atoms with van der Waals surface area (Å²) in [6, 6.07) is 1.89. The number of carbonyl (C=O) groups is 1. The number of hydrogen-bond donors (Lipinski definition) is 1. The fraction of sp³-hybridized carbons (Fsp3) is 0.667. The van der Waals surface area contributed by atoms with Crippen LogP contribution >= 0.6 is 11.8 Å². The predicted octanol–water partition coefficient (Wildman–Crippen LogP) is 2.59. The highest BCUT2D eigenvalue weighted by molar-refractivity contribution is 7.99. The standard InChI is InChI=1S/C15H25N3O2S/c1-5-17-15(3,13(19)20-4)9-6-7-11-21-14-16-10-8-12(2)18-14/h8,10,17H,5-7,9,11H2,1-4H3. The molecule has 1 atom stereocenters. The highest BCUT2D eigenvalue weighted by Crippen LogP contribution is 2.19. The first-order valence-corrected chi connectivity index (χ1v) is 8.26. The number of aromatic nitrogens is 2. The number of unbranched alkanes of at least 4 members (excludes halogenated alkanes) is 1. The Kier molecular flexibility index (Phi) is 7.67. The summed E-state index contributed by atoms with van der Waals surface area (Å²) in [7, 11) is 1.43. The van der Waals surface area contributed by atoms with Crippen molar-refractivity contribution in [3.63, 3.8) is 0 Å². The molecule has 1 heterocycles. The van der Waals surface area contributed by atoms with Crippen LogP contribution in [0.25, 0.3) is 0 Å². The van der Waals surface area contributed by atoms with Crippen LogP contribution in [0.4, 0.5) is 0 Å². The number of rotatable bonds is 9. The Morgan fingerprint density at radius 1 is 1.48 bits per heavy atom. The molecule has 0 aliphatic rings. The molecule has 6 heteroatoms. The Hall–Kier alpha value is -1.14. The van der Waals surface area contributed by atoms with E-state index in [4.69, 9.17) is 4.74 Å². The number of thioether (sulfide) groups is 1. The van der Waals surface area contributed by atoms with E-state index in [1.807, 2.05) is 26.8 Å². The molecule has 1 rings (SSSR count). The normalized spacial score (nSPS) is 13.7. The van der Waals surface area contributed by atoms with Crippen molar-refractivity contribution in [3.05, 3.63) is 18.0 Å². The maximum Gasteiger partial charge on any atom is 0.325 e. The van der Waals surface area contributed by atoms with Crippen LogP contribution < -0.4 is 5.32 Å². The van der Waals surface area contributed by atoms with Crippen molar-refractivity contribution in [2.45, 2.75) is 50.7 Å². The maximum absolute atomic E-state index is 11.8. The van der Waals surface area contributed by atoms with Crippen LogP contribution in [0.5, 0.6) is 0 Å². The lowest BCUT2D eigenvalue weighted by Crippen LogP contribution is -2.50. The summed E-state index contributed by atoms with van der Waals surface area (Å²) in [5.41, 5.74) is 0.395. The molecule has 0 aromatic carbocycles. The smallest absolute Gasteiger partial charge is 0.325 e. The molecule has 0 fully saturated rings. The van der Waals surface area contributed by atoms with E-state index in [9.17, 15) is 4.79 Å². The van der Waals surface area contributed by atoms with E-state index in [-0.39, 0.29) is 5.97 Å².